The van der Waals surface area contributed by atoms with E-state index in [1.54, 1.807) is 0 Å². The summed E-state index contributed by atoms with van der Waals surface area (Å²) in [5, 5.41) is 0. The van der Waals surface area contributed by atoms with Gasteiger partial charge in [-0.25, -0.2) is 4.39 Å². The lowest BCUT2D eigenvalue weighted by atomic mass is 10.1. The van der Waals surface area contributed by atoms with E-state index in [0.717, 1.165) is 6.42 Å². The smallest absolute Gasteiger partial charge is 0.117 e. The van der Waals surface area contributed by atoms with Crippen LogP contribution in [0.25, 0.3) is 0 Å². The molecule has 62 valence electrons. The molecule has 2 heteroatoms. The molecule has 0 heterocycles. The standard InChI is InChI=1S/C9H14FN/c1-7(2)5-9(11-4)6-8(3)10/h6-7H,3-5H2,1-2H3/b9-6-. The normalized spacial score (nSPS) is 11.8. The Hall–Kier alpha value is -0.920. The molecule has 0 amide bonds. The number of allylic oxidation sites excluding steroid dienone is 3. The number of halogens is 1. The molecular weight excluding hydrogens is 141 g/mol. The maximum atomic E-state index is 12.2. The van der Waals surface area contributed by atoms with Crippen molar-refractivity contribution in [2.45, 2.75) is 20.3 Å². The summed E-state index contributed by atoms with van der Waals surface area (Å²) in [7, 11) is 0. The molecule has 0 rings (SSSR count). The Morgan fingerprint density at radius 2 is 2.18 bits per heavy atom. The summed E-state index contributed by atoms with van der Waals surface area (Å²) >= 11 is 0. The Balaban J connectivity index is 4.16. The molecule has 0 bridgehead atoms. The van der Waals surface area contributed by atoms with Crippen molar-refractivity contribution in [2.75, 3.05) is 0 Å². The highest BCUT2D eigenvalue weighted by Gasteiger charge is 1.98. The minimum Gasteiger partial charge on any atom is -0.269 e. The van der Waals surface area contributed by atoms with Gasteiger partial charge in [0.05, 0.1) is 0 Å². The minimum absolute atomic E-state index is 0.464. The average Bonchev–Trinajstić information content (AvgIpc) is 1.84. The SMILES string of the molecule is C=N/C(=C\C(=C)F)CC(C)C. The van der Waals surface area contributed by atoms with Gasteiger partial charge in [-0.05, 0) is 25.1 Å². The summed E-state index contributed by atoms with van der Waals surface area (Å²) in [5.74, 6) is -0.000787. The third-order valence-corrected chi connectivity index (χ3v) is 1.14. The van der Waals surface area contributed by atoms with E-state index in [1.807, 2.05) is 13.8 Å². The first-order valence-corrected chi connectivity index (χ1v) is 3.58. The number of hydrogen-bond donors (Lipinski definition) is 0. The fourth-order valence-electron chi connectivity index (χ4n) is 0.768. The van der Waals surface area contributed by atoms with Gasteiger partial charge in [-0.15, -0.1) is 0 Å². The molecule has 0 saturated heterocycles. The molecule has 0 atom stereocenters. The van der Waals surface area contributed by atoms with Gasteiger partial charge >= 0.3 is 0 Å². The van der Waals surface area contributed by atoms with Crippen molar-refractivity contribution in [1.82, 2.24) is 0 Å². The summed E-state index contributed by atoms with van der Waals surface area (Å²) in [6.07, 6.45) is 2.05. The van der Waals surface area contributed by atoms with E-state index in [0.29, 0.717) is 11.6 Å². The van der Waals surface area contributed by atoms with Crippen molar-refractivity contribution in [3.05, 3.63) is 24.2 Å². The maximum absolute atomic E-state index is 12.2. The molecule has 0 saturated carbocycles. The molecule has 0 aromatic carbocycles. The number of nitrogens with zero attached hydrogens (tertiary/aromatic N) is 1. The van der Waals surface area contributed by atoms with Crippen LogP contribution in [0.5, 0.6) is 0 Å². The van der Waals surface area contributed by atoms with Crippen LogP contribution in [0, 0.1) is 5.92 Å². The third-order valence-electron chi connectivity index (χ3n) is 1.14. The van der Waals surface area contributed by atoms with Gasteiger partial charge in [-0.3, -0.25) is 4.99 Å². The molecule has 11 heavy (non-hydrogen) atoms. The largest absolute Gasteiger partial charge is 0.269 e. The van der Waals surface area contributed by atoms with Crippen molar-refractivity contribution in [3.63, 3.8) is 0 Å². The monoisotopic (exact) mass is 155 g/mol. The lowest BCUT2D eigenvalue weighted by Gasteiger charge is -2.03. The average molecular weight is 155 g/mol. The zero-order valence-electron chi connectivity index (χ0n) is 7.10. The fourth-order valence-corrected chi connectivity index (χ4v) is 0.768. The minimum atomic E-state index is -0.465. The van der Waals surface area contributed by atoms with Crippen LogP contribution in [0.4, 0.5) is 4.39 Å². The van der Waals surface area contributed by atoms with Crippen LogP contribution < -0.4 is 0 Å². The first kappa shape index (κ1) is 10.1. The van der Waals surface area contributed by atoms with E-state index < -0.39 is 5.83 Å². The van der Waals surface area contributed by atoms with Gasteiger partial charge in [0, 0.05) is 5.70 Å². The second-order valence-electron chi connectivity index (χ2n) is 2.84. The molecule has 0 aromatic rings. The van der Waals surface area contributed by atoms with Crippen molar-refractivity contribution < 1.29 is 4.39 Å². The topological polar surface area (TPSA) is 12.4 Å². The van der Waals surface area contributed by atoms with Crippen molar-refractivity contribution in [1.29, 1.82) is 0 Å². The van der Waals surface area contributed by atoms with Gasteiger partial charge in [0.1, 0.15) is 5.83 Å². The van der Waals surface area contributed by atoms with Crippen LogP contribution in [0.1, 0.15) is 20.3 Å². The summed E-state index contributed by atoms with van der Waals surface area (Å²) in [6, 6.07) is 0. The molecule has 0 N–H and O–H groups in total. The summed E-state index contributed by atoms with van der Waals surface area (Å²) < 4.78 is 12.2. The summed E-state index contributed by atoms with van der Waals surface area (Å²) in [5.41, 5.74) is 0.660. The van der Waals surface area contributed by atoms with Crippen LogP contribution in [0.15, 0.2) is 29.2 Å². The lowest BCUT2D eigenvalue weighted by molar-refractivity contribution is 0.629. The van der Waals surface area contributed by atoms with E-state index in [-0.39, 0.29) is 0 Å². The first-order valence-electron chi connectivity index (χ1n) is 3.58. The van der Waals surface area contributed by atoms with Crippen molar-refractivity contribution in [2.24, 2.45) is 10.9 Å². The molecule has 0 aliphatic heterocycles. The predicted molar refractivity (Wildman–Crippen MR) is 47.3 cm³/mol. The zero-order chi connectivity index (χ0) is 8.85. The van der Waals surface area contributed by atoms with Crippen LogP contribution in [-0.2, 0) is 0 Å². The Labute approximate surface area is 67.3 Å². The molecule has 1 nitrogen and oxygen atoms in total. The second kappa shape index (κ2) is 4.83. The van der Waals surface area contributed by atoms with Crippen LogP contribution >= 0.6 is 0 Å². The van der Waals surface area contributed by atoms with Gasteiger partial charge in [0.15, 0.2) is 0 Å². The highest BCUT2D eigenvalue weighted by Crippen LogP contribution is 2.13. The van der Waals surface area contributed by atoms with E-state index in [2.05, 4.69) is 18.3 Å². The lowest BCUT2D eigenvalue weighted by Crippen LogP contribution is -1.88. The van der Waals surface area contributed by atoms with E-state index in [4.69, 9.17) is 0 Å². The van der Waals surface area contributed by atoms with E-state index >= 15 is 0 Å². The first-order chi connectivity index (χ1) is 5.06. The van der Waals surface area contributed by atoms with Gasteiger partial charge in [-0.1, -0.05) is 20.4 Å². The number of aliphatic imine (C=N–C) groups is 1. The van der Waals surface area contributed by atoms with Crippen LogP contribution in [0.2, 0.25) is 0 Å². The molecule has 0 fully saturated rings. The molecule has 0 aliphatic carbocycles. The van der Waals surface area contributed by atoms with Crippen LogP contribution in [0.3, 0.4) is 0 Å². The molecule has 0 unspecified atom stereocenters. The van der Waals surface area contributed by atoms with E-state index in [1.165, 1.54) is 6.08 Å². The Morgan fingerprint density at radius 3 is 2.45 bits per heavy atom. The van der Waals surface area contributed by atoms with Crippen LogP contribution in [-0.4, -0.2) is 6.72 Å². The highest BCUT2D eigenvalue weighted by atomic mass is 19.1. The van der Waals surface area contributed by atoms with Crippen molar-refractivity contribution in [3.8, 4) is 0 Å². The Morgan fingerprint density at radius 1 is 1.64 bits per heavy atom. The third kappa shape index (κ3) is 5.52. The maximum Gasteiger partial charge on any atom is 0.117 e. The molecule has 0 radical (unpaired) electrons. The van der Waals surface area contributed by atoms with Gasteiger partial charge in [0.25, 0.3) is 0 Å². The Kier molecular flexibility index (Phi) is 4.42. The molecular formula is C9H14FN. The Bertz CT molecular complexity index is 180. The predicted octanol–water partition coefficient (Wildman–Crippen LogP) is 3.10. The fraction of sp³-hybridized carbons (Fsp3) is 0.444. The van der Waals surface area contributed by atoms with E-state index in [9.17, 15) is 4.39 Å². The van der Waals surface area contributed by atoms with Gasteiger partial charge in [0.2, 0.25) is 0 Å². The van der Waals surface area contributed by atoms with Gasteiger partial charge < -0.3 is 0 Å². The quantitative estimate of drug-likeness (QED) is 0.437. The molecule has 0 aliphatic rings. The summed E-state index contributed by atoms with van der Waals surface area (Å²) in [6.45, 7) is 10.5. The second-order valence-corrected chi connectivity index (χ2v) is 2.84. The van der Waals surface area contributed by atoms with Crippen molar-refractivity contribution >= 4 is 6.72 Å². The number of hydrogen-bond acceptors (Lipinski definition) is 1. The van der Waals surface area contributed by atoms with Gasteiger partial charge in [-0.2, -0.15) is 0 Å². The molecule has 0 aromatic heterocycles. The number of rotatable bonds is 4. The summed E-state index contributed by atoms with van der Waals surface area (Å²) in [4.78, 5) is 3.68. The zero-order valence-corrected chi connectivity index (χ0v) is 7.10. The highest BCUT2D eigenvalue weighted by molar-refractivity contribution is 5.30. The molecule has 0 spiro atoms.